The highest BCUT2D eigenvalue weighted by molar-refractivity contribution is 5.83. The van der Waals surface area contributed by atoms with Crippen molar-refractivity contribution in [1.82, 2.24) is 4.98 Å². The number of methoxy groups -OCH3 is 1. The zero-order valence-electron chi connectivity index (χ0n) is 9.53. The van der Waals surface area contributed by atoms with E-state index in [1.165, 1.54) is 0 Å². The Morgan fingerprint density at radius 1 is 1.50 bits per heavy atom. The summed E-state index contributed by atoms with van der Waals surface area (Å²) in [5.41, 5.74) is 1.11. The molecular weight excluding hydrogens is 208 g/mol. The van der Waals surface area contributed by atoms with Gasteiger partial charge in [0.05, 0.1) is 6.61 Å². The van der Waals surface area contributed by atoms with Crippen LogP contribution < -0.4 is 5.32 Å². The Kier molecular flexibility index (Phi) is 5.28. The molecule has 0 fully saturated rings. The van der Waals surface area contributed by atoms with E-state index in [0.29, 0.717) is 12.4 Å². The summed E-state index contributed by atoms with van der Waals surface area (Å²) in [5, 5.41) is 2.55. The first-order valence-electron chi connectivity index (χ1n) is 5.14. The van der Waals surface area contributed by atoms with Crippen molar-refractivity contribution in [1.29, 1.82) is 0 Å². The van der Waals surface area contributed by atoms with Crippen molar-refractivity contribution in [2.45, 2.75) is 13.3 Å². The highest BCUT2D eigenvalue weighted by Gasteiger charge is 2.03. The monoisotopic (exact) mass is 224 g/mol. The largest absolute Gasteiger partial charge is 0.447 e. The number of hydrogen-bond donors (Lipinski definition) is 1. The van der Waals surface area contributed by atoms with E-state index in [0.717, 1.165) is 12.0 Å². The van der Waals surface area contributed by atoms with Crippen molar-refractivity contribution < 1.29 is 14.3 Å². The molecule has 0 aromatic carbocycles. The number of pyridine rings is 1. The number of carbonyl (C=O) groups is 1. The van der Waals surface area contributed by atoms with E-state index in [9.17, 15) is 4.79 Å². The van der Waals surface area contributed by atoms with Gasteiger partial charge < -0.3 is 9.47 Å². The molecule has 1 N–H and O–H groups in total. The second-order valence-electron chi connectivity index (χ2n) is 3.16. The average Bonchev–Trinajstić information content (AvgIpc) is 2.29. The molecular formula is C11H16N2O3. The Bertz CT molecular complexity index is 342. The number of carbonyl (C=O) groups excluding carboxylic acids is 1. The van der Waals surface area contributed by atoms with E-state index in [1.54, 1.807) is 13.3 Å². The first-order valence-corrected chi connectivity index (χ1v) is 5.14. The van der Waals surface area contributed by atoms with Crippen LogP contribution in [-0.4, -0.2) is 31.4 Å². The number of hydrogen-bond acceptors (Lipinski definition) is 4. The highest BCUT2D eigenvalue weighted by Crippen LogP contribution is 2.07. The van der Waals surface area contributed by atoms with Crippen molar-refractivity contribution in [2.24, 2.45) is 0 Å². The van der Waals surface area contributed by atoms with Crippen LogP contribution in [0, 0.1) is 0 Å². The fourth-order valence-electron chi connectivity index (χ4n) is 1.12. The second-order valence-corrected chi connectivity index (χ2v) is 3.16. The van der Waals surface area contributed by atoms with Gasteiger partial charge in [0.2, 0.25) is 0 Å². The lowest BCUT2D eigenvalue weighted by molar-refractivity contribution is 0.107. The van der Waals surface area contributed by atoms with Gasteiger partial charge in [-0.1, -0.05) is 6.92 Å². The number of anilines is 1. The minimum atomic E-state index is -0.516. The van der Waals surface area contributed by atoms with Gasteiger partial charge in [-0.05, 0) is 24.1 Å². The zero-order valence-corrected chi connectivity index (χ0v) is 9.53. The summed E-state index contributed by atoms with van der Waals surface area (Å²) in [6.07, 6.45) is 2.04. The third kappa shape index (κ3) is 4.27. The minimum Gasteiger partial charge on any atom is -0.447 e. The van der Waals surface area contributed by atoms with Crippen LogP contribution in [0.15, 0.2) is 18.3 Å². The molecule has 0 aliphatic heterocycles. The van der Waals surface area contributed by atoms with E-state index in [-0.39, 0.29) is 6.61 Å². The molecule has 0 aliphatic carbocycles. The van der Waals surface area contributed by atoms with Gasteiger partial charge in [-0.3, -0.25) is 5.32 Å². The normalized spacial score (nSPS) is 9.88. The van der Waals surface area contributed by atoms with Gasteiger partial charge in [-0.2, -0.15) is 0 Å². The van der Waals surface area contributed by atoms with Crippen LogP contribution in [0.5, 0.6) is 0 Å². The molecule has 1 aromatic heterocycles. The lowest BCUT2D eigenvalue weighted by atomic mass is 10.2. The molecule has 5 nitrogen and oxygen atoms in total. The van der Waals surface area contributed by atoms with E-state index in [2.05, 4.69) is 10.3 Å². The van der Waals surface area contributed by atoms with Crippen LogP contribution in [0.2, 0.25) is 0 Å². The number of amides is 1. The maximum absolute atomic E-state index is 11.3. The van der Waals surface area contributed by atoms with E-state index < -0.39 is 6.09 Å². The molecule has 1 rings (SSSR count). The van der Waals surface area contributed by atoms with Crippen LogP contribution in [0.1, 0.15) is 12.5 Å². The summed E-state index contributed by atoms with van der Waals surface area (Å²) >= 11 is 0. The Morgan fingerprint density at radius 2 is 2.31 bits per heavy atom. The molecule has 88 valence electrons. The zero-order chi connectivity index (χ0) is 11.8. The molecule has 0 bridgehead atoms. The number of aromatic nitrogens is 1. The van der Waals surface area contributed by atoms with Crippen LogP contribution in [0.4, 0.5) is 10.6 Å². The predicted octanol–water partition coefficient (Wildman–Crippen LogP) is 1.84. The van der Waals surface area contributed by atoms with Crippen LogP contribution >= 0.6 is 0 Å². The lowest BCUT2D eigenvalue weighted by Crippen LogP contribution is -2.17. The topological polar surface area (TPSA) is 60.5 Å². The third-order valence-electron chi connectivity index (χ3n) is 1.98. The van der Waals surface area contributed by atoms with Gasteiger partial charge in [-0.25, -0.2) is 9.78 Å². The molecule has 1 amide bonds. The van der Waals surface area contributed by atoms with Crippen molar-refractivity contribution >= 4 is 11.9 Å². The summed E-state index contributed by atoms with van der Waals surface area (Å²) in [6.45, 7) is 2.65. The van der Waals surface area contributed by atoms with Crippen LogP contribution in [-0.2, 0) is 15.9 Å². The van der Waals surface area contributed by atoms with Gasteiger partial charge in [0.25, 0.3) is 0 Å². The highest BCUT2D eigenvalue weighted by atomic mass is 16.6. The molecule has 0 radical (unpaired) electrons. The third-order valence-corrected chi connectivity index (χ3v) is 1.98. The number of rotatable bonds is 5. The summed E-state index contributed by atoms with van der Waals surface area (Å²) in [6, 6.07) is 3.72. The fraction of sp³-hybridized carbons (Fsp3) is 0.455. The quantitative estimate of drug-likeness (QED) is 0.775. The van der Waals surface area contributed by atoms with Crippen molar-refractivity contribution in [3.8, 4) is 0 Å². The molecule has 1 heterocycles. The smallest absolute Gasteiger partial charge is 0.412 e. The van der Waals surface area contributed by atoms with Crippen LogP contribution in [0.25, 0.3) is 0 Å². The molecule has 0 unspecified atom stereocenters. The molecule has 0 saturated carbocycles. The standard InChI is InChI=1S/C11H16N2O3/c1-3-9-4-5-12-10(8-9)13-11(14)16-7-6-15-2/h4-5,8H,3,6-7H2,1-2H3,(H,12,13,14). The van der Waals surface area contributed by atoms with Gasteiger partial charge in [0.15, 0.2) is 0 Å². The number of aryl methyl sites for hydroxylation is 1. The number of ether oxygens (including phenoxy) is 2. The molecule has 1 aromatic rings. The van der Waals surface area contributed by atoms with E-state index in [4.69, 9.17) is 9.47 Å². The SMILES string of the molecule is CCc1ccnc(NC(=O)OCCOC)c1. The Hall–Kier alpha value is -1.62. The maximum atomic E-state index is 11.3. The Morgan fingerprint density at radius 3 is 3.00 bits per heavy atom. The van der Waals surface area contributed by atoms with Crippen molar-refractivity contribution in [3.63, 3.8) is 0 Å². The Labute approximate surface area is 94.8 Å². The second kappa shape index (κ2) is 6.79. The van der Waals surface area contributed by atoms with Crippen molar-refractivity contribution in [2.75, 3.05) is 25.6 Å². The predicted molar refractivity (Wildman–Crippen MR) is 60.5 cm³/mol. The molecule has 5 heteroatoms. The van der Waals surface area contributed by atoms with Gasteiger partial charge in [0.1, 0.15) is 12.4 Å². The fourth-order valence-corrected chi connectivity index (χ4v) is 1.12. The van der Waals surface area contributed by atoms with Gasteiger partial charge in [0, 0.05) is 13.3 Å². The maximum Gasteiger partial charge on any atom is 0.412 e. The van der Waals surface area contributed by atoms with E-state index in [1.807, 2.05) is 19.1 Å². The summed E-state index contributed by atoms with van der Waals surface area (Å²) in [4.78, 5) is 15.3. The van der Waals surface area contributed by atoms with Gasteiger partial charge in [-0.15, -0.1) is 0 Å². The van der Waals surface area contributed by atoms with Gasteiger partial charge >= 0.3 is 6.09 Å². The van der Waals surface area contributed by atoms with Crippen LogP contribution in [0.3, 0.4) is 0 Å². The minimum absolute atomic E-state index is 0.232. The Balaban J connectivity index is 2.43. The summed E-state index contributed by atoms with van der Waals surface area (Å²) < 4.78 is 9.60. The molecule has 0 saturated heterocycles. The molecule has 0 atom stereocenters. The summed E-state index contributed by atoms with van der Waals surface area (Å²) in [7, 11) is 1.55. The number of nitrogens with zero attached hydrogens (tertiary/aromatic N) is 1. The first kappa shape index (κ1) is 12.4. The summed E-state index contributed by atoms with van der Waals surface area (Å²) in [5.74, 6) is 0.502. The molecule has 0 spiro atoms. The average molecular weight is 224 g/mol. The molecule has 0 aliphatic rings. The first-order chi connectivity index (χ1) is 7.76. The van der Waals surface area contributed by atoms with Crippen molar-refractivity contribution in [3.05, 3.63) is 23.9 Å². The number of nitrogens with one attached hydrogen (secondary N) is 1. The molecule has 16 heavy (non-hydrogen) atoms. The van der Waals surface area contributed by atoms with E-state index >= 15 is 0 Å². The lowest BCUT2D eigenvalue weighted by Gasteiger charge is -2.06.